The molecule has 0 unspecified atom stereocenters. The van der Waals surface area contributed by atoms with Crippen LogP contribution < -0.4 is 4.74 Å². The molecule has 2 rings (SSSR count). The average Bonchev–Trinajstić information content (AvgIpc) is 2.87. The van der Waals surface area contributed by atoms with E-state index >= 15 is 0 Å². The molecule has 0 fully saturated rings. The van der Waals surface area contributed by atoms with Gasteiger partial charge in [-0.25, -0.2) is 9.48 Å². The first-order valence-corrected chi connectivity index (χ1v) is 6.61. The van der Waals surface area contributed by atoms with E-state index in [0.29, 0.717) is 17.1 Å². The van der Waals surface area contributed by atoms with Gasteiger partial charge in [-0.1, -0.05) is 12.1 Å². The summed E-state index contributed by atoms with van der Waals surface area (Å²) >= 11 is 0. The van der Waals surface area contributed by atoms with Crippen molar-refractivity contribution >= 4 is 5.97 Å². The third-order valence-corrected chi connectivity index (χ3v) is 2.99. The Bertz CT molecular complexity index is 649. The van der Waals surface area contributed by atoms with Crippen LogP contribution in [0.4, 0.5) is 0 Å². The molecule has 0 amide bonds. The Hall–Kier alpha value is -2.44. The number of tetrazole rings is 1. The minimum Gasteiger partial charge on any atom is -0.491 e. The number of rotatable bonds is 5. The molecule has 1 N–H and O–H groups in total. The Balaban J connectivity index is 2.45. The Morgan fingerprint density at radius 1 is 1.38 bits per heavy atom. The highest BCUT2D eigenvalue weighted by atomic mass is 16.5. The summed E-state index contributed by atoms with van der Waals surface area (Å²) in [6.07, 6.45) is 0.0479. The molecule has 0 bridgehead atoms. The van der Waals surface area contributed by atoms with Crippen LogP contribution in [0.5, 0.6) is 5.75 Å². The van der Waals surface area contributed by atoms with Crippen molar-refractivity contribution < 1.29 is 14.6 Å². The van der Waals surface area contributed by atoms with Crippen molar-refractivity contribution in [3.63, 3.8) is 0 Å². The van der Waals surface area contributed by atoms with Crippen LogP contribution in [-0.4, -0.2) is 37.4 Å². The number of benzene rings is 1. The SMILES string of the molecule is CC(C)Oc1cccc(-c2nnnn2C(C)(C)C(=O)O)c1. The zero-order valence-electron chi connectivity index (χ0n) is 12.4. The maximum absolute atomic E-state index is 11.4. The van der Waals surface area contributed by atoms with Gasteiger partial charge in [0.1, 0.15) is 5.75 Å². The van der Waals surface area contributed by atoms with Crippen LogP contribution in [0.1, 0.15) is 27.7 Å². The zero-order valence-corrected chi connectivity index (χ0v) is 12.4. The van der Waals surface area contributed by atoms with Crippen molar-refractivity contribution in [1.82, 2.24) is 20.2 Å². The lowest BCUT2D eigenvalue weighted by Crippen LogP contribution is -2.37. The molecule has 0 saturated carbocycles. The molecule has 1 aromatic carbocycles. The summed E-state index contributed by atoms with van der Waals surface area (Å²) in [6, 6.07) is 7.26. The van der Waals surface area contributed by atoms with Crippen LogP contribution >= 0.6 is 0 Å². The van der Waals surface area contributed by atoms with Gasteiger partial charge in [-0.2, -0.15) is 0 Å². The van der Waals surface area contributed by atoms with E-state index in [4.69, 9.17) is 4.74 Å². The lowest BCUT2D eigenvalue weighted by molar-refractivity contribution is -0.146. The topological polar surface area (TPSA) is 90.1 Å². The van der Waals surface area contributed by atoms with Crippen molar-refractivity contribution in [3.8, 4) is 17.1 Å². The van der Waals surface area contributed by atoms with Crippen LogP contribution in [0.25, 0.3) is 11.4 Å². The molecule has 21 heavy (non-hydrogen) atoms. The number of carboxylic acid groups (broad SMARTS) is 1. The Labute approximate surface area is 122 Å². The molecule has 0 aliphatic carbocycles. The number of carboxylic acids is 1. The van der Waals surface area contributed by atoms with E-state index in [1.54, 1.807) is 19.9 Å². The monoisotopic (exact) mass is 290 g/mol. The van der Waals surface area contributed by atoms with E-state index in [-0.39, 0.29) is 6.10 Å². The first-order chi connectivity index (χ1) is 9.82. The fourth-order valence-corrected chi connectivity index (χ4v) is 1.81. The van der Waals surface area contributed by atoms with Gasteiger partial charge in [-0.3, -0.25) is 0 Å². The molecular formula is C14H18N4O3. The highest BCUT2D eigenvalue weighted by Crippen LogP contribution is 2.26. The van der Waals surface area contributed by atoms with E-state index in [9.17, 15) is 9.90 Å². The Kier molecular flexibility index (Phi) is 3.93. The second kappa shape index (κ2) is 5.51. The maximum Gasteiger partial charge on any atom is 0.331 e. The molecular weight excluding hydrogens is 272 g/mol. The summed E-state index contributed by atoms with van der Waals surface area (Å²) in [5.41, 5.74) is -0.541. The number of hydrogen-bond donors (Lipinski definition) is 1. The third-order valence-electron chi connectivity index (χ3n) is 2.99. The third kappa shape index (κ3) is 3.01. The number of aromatic nitrogens is 4. The quantitative estimate of drug-likeness (QED) is 0.905. The molecule has 7 heteroatoms. The largest absolute Gasteiger partial charge is 0.491 e. The highest BCUT2D eigenvalue weighted by Gasteiger charge is 2.33. The highest BCUT2D eigenvalue weighted by molar-refractivity contribution is 5.76. The Morgan fingerprint density at radius 3 is 2.71 bits per heavy atom. The normalized spacial score (nSPS) is 11.7. The molecule has 0 atom stereocenters. The van der Waals surface area contributed by atoms with Crippen molar-refractivity contribution in [2.45, 2.75) is 39.3 Å². The summed E-state index contributed by atoms with van der Waals surface area (Å²) in [5.74, 6) is 0.0624. The van der Waals surface area contributed by atoms with E-state index in [1.165, 1.54) is 4.68 Å². The van der Waals surface area contributed by atoms with Gasteiger partial charge in [0, 0.05) is 5.56 Å². The molecule has 1 heterocycles. The number of aliphatic carboxylic acids is 1. The first-order valence-electron chi connectivity index (χ1n) is 6.61. The van der Waals surface area contributed by atoms with Gasteiger partial charge >= 0.3 is 5.97 Å². The van der Waals surface area contributed by atoms with Crippen LogP contribution in [0, 0.1) is 0 Å². The van der Waals surface area contributed by atoms with Crippen molar-refractivity contribution in [2.24, 2.45) is 0 Å². The second-order valence-corrected chi connectivity index (χ2v) is 5.47. The van der Waals surface area contributed by atoms with Crippen LogP contribution in [0.3, 0.4) is 0 Å². The Morgan fingerprint density at radius 2 is 2.10 bits per heavy atom. The summed E-state index contributed by atoms with van der Waals surface area (Å²) in [6.45, 7) is 6.96. The van der Waals surface area contributed by atoms with Gasteiger partial charge < -0.3 is 9.84 Å². The average molecular weight is 290 g/mol. The van der Waals surface area contributed by atoms with Crippen LogP contribution in [0.2, 0.25) is 0 Å². The number of carbonyl (C=O) groups is 1. The molecule has 2 aromatic rings. The fraction of sp³-hybridized carbons (Fsp3) is 0.429. The number of ether oxygens (including phenoxy) is 1. The van der Waals surface area contributed by atoms with E-state index in [1.807, 2.05) is 32.0 Å². The van der Waals surface area contributed by atoms with E-state index in [2.05, 4.69) is 15.5 Å². The number of nitrogens with zero attached hydrogens (tertiary/aromatic N) is 4. The van der Waals surface area contributed by atoms with E-state index in [0.717, 1.165) is 0 Å². The van der Waals surface area contributed by atoms with Gasteiger partial charge in [0.2, 0.25) is 0 Å². The molecule has 0 spiro atoms. The molecule has 0 radical (unpaired) electrons. The van der Waals surface area contributed by atoms with Crippen molar-refractivity contribution in [2.75, 3.05) is 0 Å². The maximum atomic E-state index is 11.4. The summed E-state index contributed by atoms with van der Waals surface area (Å²) in [7, 11) is 0. The molecule has 112 valence electrons. The van der Waals surface area contributed by atoms with Gasteiger partial charge in [0.25, 0.3) is 0 Å². The summed E-state index contributed by atoms with van der Waals surface area (Å²) in [4.78, 5) is 11.4. The zero-order chi connectivity index (χ0) is 15.6. The fourth-order valence-electron chi connectivity index (χ4n) is 1.81. The first kappa shape index (κ1) is 15.0. The molecule has 7 nitrogen and oxygen atoms in total. The summed E-state index contributed by atoms with van der Waals surface area (Å²) < 4.78 is 6.93. The predicted octanol–water partition coefficient (Wildman–Crippen LogP) is 1.95. The molecule has 1 aromatic heterocycles. The minimum atomic E-state index is -1.24. The molecule has 0 aliphatic rings. The van der Waals surface area contributed by atoms with Crippen molar-refractivity contribution in [3.05, 3.63) is 24.3 Å². The smallest absolute Gasteiger partial charge is 0.331 e. The second-order valence-electron chi connectivity index (χ2n) is 5.47. The van der Waals surface area contributed by atoms with Gasteiger partial charge in [0.15, 0.2) is 11.4 Å². The van der Waals surface area contributed by atoms with Gasteiger partial charge in [0.05, 0.1) is 6.10 Å². The lowest BCUT2D eigenvalue weighted by Gasteiger charge is -2.20. The lowest BCUT2D eigenvalue weighted by atomic mass is 10.1. The van der Waals surface area contributed by atoms with E-state index < -0.39 is 11.5 Å². The standard InChI is InChI=1S/C14H18N4O3/c1-9(2)21-11-7-5-6-10(8-11)12-15-16-17-18(12)14(3,4)13(19)20/h5-9H,1-4H3,(H,19,20). The predicted molar refractivity (Wildman–Crippen MR) is 76.0 cm³/mol. The van der Waals surface area contributed by atoms with Crippen molar-refractivity contribution in [1.29, 1.82) is 0 Å². The number of hydrogen-bond acceptors (Lipinski definition) is 5. The van der Waals surface area contributed by atoms with Crippen LogP contribution in [-0.2, 0) is 10.3 Å². The molecule has 0 aliphatic heterocycles. The van der Waals surface area contributed by atoms with Gasteiger partial charge in [-0.05, 0) is 50.3 Å². The minimum absolute atomic E-state index is 0.0479. The van der Waals surface area contributed by atoms with Gasteiger partial charge in [-0.15, -0.1) is 5.10 Å². The van der Waals surface area contributed by atoms with Crippen LogP contribution in [0.15, 0.2) is 24.3 Å². The molecule has 0 saturated heterocycles. The summed E-state index contributed by atoms with van der Waals surface area (Å²) in [5, 5.41) is 20.7.